The average molecular weight is 388 g/mol. The van der Waals surface area contributed by atoms with Gasteiger partial charge in [0.15, 0.2) is 0 Å². The lowest BCUT2D eigenvalue weighted by Gasteiger charge is -2.09. The molecule has 3 aromatic carbocycles. The maximum absolute atomic E-state index is 12.3. The second kappa shape index (κ2) is 10.2. The fourth-order valence-corrected chi connectivity index (χ4v) is 2.97. The van der Waals surface area contributed by atoms with Crippen molar-refractivity contribution in [2.75, 3.05) is 13.7 Å². The summed E-state index contributed by atoms with van der Waals surface area (Å²) < 4.78 is 5.11. The molecule has 148 valence electrons. The van der Waals surface area contributed by atoms with Crippen molar-refractivity contribution in [3.8, 4) is 11.1 Å². The molecule has 5 heteroatoms. The molecular weight excluding hydrogens is 364 g/mol. The first-order chi connectivity index (χ1) is 14.2. The smallest absolute Gasteiger partial charge is 0.251 e. The van der Waals surface area contributed by atoms with Gasteiger partial charge in [-0.2, -0.15) is 0 Å². The Hall–Kier alpha value is -3.44. The largest absolute Gasteiger partial charge is 0.380 e. The maximum atomic E-state index is 12.3. The molecule has 2 amide bonds. The topological polar surface area (TPSA) is 67.4 Å². The Labute approximate surface area is 170 Å². The summed E-state index contributed by atoms with van der Waals surface area (Å²) in [5.41, 5.74) is 4.68. The molecule has 0 heterocycles. The van der Waals surface area contributed by atoms with Crippen LogP contribution in [-0.2, 0) is 22.7 Å². The number of rotatable bonds is 8. The number of carbonyl (C=O) groups is 2. The van der Waals surface area contributed by atoms with Crippen molar-refractivity contribution in [1.29, 1.82) is 0 Å². The van der Waals surface area contributed by atoms with E-state index in [2.05, 4.69) is 10.6 Å². The molecule has 5 nitrogen and oxygen atoms in total. The zero-order valence-corrected chi connectivity index (χ0v) is 16.4. The molecule has 0 aromatic heterocycles. The molecule has 0 aliphatic heterocycles. The summed E-state index contributed by atoms with van der Waals surface area (Å²) in [5.74, 6) is -0.516. The lowest BCUT2D eigenvalue weighted by molar-refractivity contribution is -0.120. The summed E-state index contributed by atoms with van der Waals surface area (Å²) >= 11 is 0. The van der Waals surface area contributed by atoms with E-state index in [9.17, 15) is 9.59 Å². The first-order valence-corrected chi connectivity index (χ1v) is 9.43. The van der Waals surface area contributed by atoms with Gasteiger partial charge in [-0.3, -0.25) is 9.59 Å². The van der Waals surface area contributed by atoms with Crippen LogP contribution in [0.1, 0.15) is 21.5 Å². The Balaban J connectivity index is 1.47. The minimum Gasteiger partial charge on any atom is -0.380 e. The Bertz CT molecular complexity index is 953. The van der Waals surface area contributed by atoms with Crippen molar-refractivity contribution in [1.82, 2.24) is 10.6 Å². The molecule has 2 N–H and O–H groups in total. The number of hydrogen-bond acceptors (Lipinski definition) is 3. The first kappa shape index (κ1) is 20.3. The summed E-state index contributed by atoms with van der Waals surface area (Å²) in [6, 6.07) is 25.1. The molecule has 0 aliphatic carbocycles. The Morgan fingerprint density at radius 1 is 0.793 bits per heavy atom. The van der Waals surface area contributed by atoms with Gasteiger partial charge in [-0.15, -0.1) is 0 Å². The van der Waals surface area contributed by atoms with E-state index < -0.39 is 0 Å². The van der Waals surface area contributed by atoms with Crippen molar-refractivity contribution in [3.05, 3.63) is 95.6 Å². The highest BCUT2D eigenvalue weighted by molar-refractivity contribution is 5.96. The van der Waals surface area contributed by atoms with Crippen molar-refractivity contribution < 1.29 is 14.3 Å². The van der Waals surface area contributed by atoms with Crippen LogP contribution in [0, 0.1) is 0 Å². The molecule has 3 aromatic rings. The predicted octanol–water partition coefficient (Wildman–Crippen LogP) is 3.55. The second-order valence-electron chi connectivity index (χ2n) is 6.66. The van der Waals surface area contributed by atoms with Gasteiger partial charge in [-0.1, -0.05) is 66.7 Å². The Morgan fingerprint density at radius 3 is 2.21 bits per heavy atom. The summed E-state index contributed by atoms with van der Waals surface area (Å²) in [6.07, 6.45) is 0. The highest BCUT2D eigenvalue weighted by atomic mass is 16.5. The summed E-state index contributed by atoms with van der Waals surface area (Å²) in [5, 5.41) is 5.47. The van der Waals surface area contributed by atoms with Crippen LogP contribution in [-0.4, -0.2) is 25.5 Å². The number of amides is 2. The third-order valence-electron chi connectivity index (χ3n) is 4.46. The van der Waals surface area contributed by atoms with Crippen molar-refractivity contribution in [3.63, 3.8) is 0 Å². The maximum Gasteiger partial charge on any atom is 0.251 e. The van der Waals surface area contributed by atoms with Crippen LogP contribution in [0.2, 0.25) is 0 Å². The SMILES string of the molecule is COCc1cccc(CNC(=O)CNC(=O)c2ccc(-c3ccccc3)cc2)c1. The highest BCUT2D eigenvalue weighted by Crippen LogP contribution is 2.19. The molecule has 0 radical (unpaired) electrons. The van der Waals surface area contributed by atoms with E-state index in [-0.39, 0.29) is 18.4 Å². The van der Waals surface area contributed by atoms with Crippen molar-refractivity contribution in [2.45, 2.75) is 13.2 Å². The molecule has 0 atom stereocenters. The lowest BCUT2D eigenvalue weighted by atomic mass is 10.0. The monoisotopic (exact) mass is 388 g/mol. The molecular formula is C24H24N2O3. The van der Waals surface area contributed by atoms with Crippen LogP contribution < -0.4 is 10.6 Å². The van der Waals surface area contributed by atoms with Gasteiger partial charge in [0, 0.05) is 19.2 Å². The van der Waals surface area contributed by atoms with E-state index in [1.165, 1.54) is 0 Å². The molecule has 0 saturated heterocycles. The van der Waals surface area contributed by atoms with Gasteiger partial charge in [0.2, 0.25) is 5.91 Å². The third-order valence-corrected chi connectivity index (χ3v) is 4.46. The van der Waals surface area contributed by atoms with E-state index in [0.717, 1.165) is 22.3 Å². The number of ether oxygens (including phenoxy) is 1. The molecule has 0 spiro atoms. The zero-order valence-electron chi connectivity index (χ0n) is 16.4. The van der Waals surface area contributed by atoms with E-state index in [0.29, 0.717) is 18.7 Å². The molecule has 3 rings (SSSR count). The second-order valence-corrected chi connectivity index (χ2v) is 6.66. The fraction of sp³-hybridized carbons (Fsp3) is 0.167. The van der Waals surface area contributed by atoms with Gasteiger partial charge in [-0.05, 0) is 34.4 Å². The Morgan fingerprint density at radius 2 is 1.48 bits per heavy atom. The van der Waals surface area contributed by atoms with Gasteiger partial charge in [0.1, 0.15) is 0 Å². The molecule has 29 heavy (non-hydrogen) atoms. The summed E-state index contributed by atoms with van der Waals surface area (Å²) in [6.45, 7) is 0.857. The van der Waals surface area contributed by atoms with E-state index >= 15 is 0 Å². The molecule has 0 aliphatic rings. The summed E-state index contributed by atoms with van der Waals surface area (Å²) in [7, 11) is 1.65. The quantitative estimate of drug-likeness (QED) is 0.620. The van der Waals surface area contributed by atoms with Crippen LogP contribution in [0.4, 0.5) is 0 Å². The number of carbonyl (C=O) groups excluding carboxylic acids is 2. The Kier molecular flexibility index (Phi) is 7.14. The molecule has 0 bridgehead atoms. The molecule has 0 fully saturated rings. The minimum absolute atomic E-state index is 0.0724. The fourth-order valence-electron chi connectivity index (χ4n) is 2.97. The third kappa shape index (κ3) is 6.02. The van der Waals surface area contributed by atoms with E-state index in [1.54, 1.807) is 19.2 Å². The minimum atomic E-state index is -0.276. The average Bonchev–Trinajstić information content (AvgIpc) is 2.77. The predicted molar refractivity (Wildman–Crippen MR) is 113 cm³/mol. The number of hydrogen-bond donors (Lipinski definition) is 2. The number of methoxy groups -OCH3 is 1. The van der Waals surface area contributed by atoms with Gasteiger partial charge in [0.05, 0.1) is 13.2 Å². The number of nitrogens with one attached hydrogen (secondary N) is 2. The van der Waals surface area contributed by atoms with Gasteiger partial charge in [-0.25, -0.2) is 0 Å². The van der Waals surface area contributed by atoms with Gasteiger partial charge in [0.25, 0.3) is 5.91 Å². The lowest BCUT2D eigenvalue weighted by Crippen LogP contribution is -2.36. The van der Waals surface area contributed by atoms with Gasteiger partial charge >= 0.3 is 0 Å². The normalized spacial score (nSPS) is 10.4. The number of benzene rings is 3. The van der Waals surface area contributed by atoms with Crippen molar-refractivity contribution >= 4 is 11.8 Å². The molecule has 0 saturated carbocycles. The molecule has 0 unspecified atom stereocenters. The summed E-state index contributed by atoms with van der Waals surface area (Å²) in [4.78, 5) is 24.3. The standard InChI is InChI=1S/C24H24N2O3/c1-29-17-19-7-5-6-18(14-19)15-25-23(27)16-26-24(28)22-12-10-21(11-13-22)20-8-3-2-4-9-20/h2-14H,15-17H2,1H3,(H,25,27)(H,26,28). The van der Waals surface area contributed by atoms with Crippen LogP contribution in [0.3, 0.4) is 0 Å². The zero-order chi connectivity index (χ0) is 20.5. The van der Waals surface area contributed by atoms with Crippen LogP contribution >= 0.6 is 0 Å². The van der Waals surface area contributed by atoms with Crippen LogP contribution in [0.15, 0.2) is 78.9 Å². The highest BCUT2D eigenvalue weighted by Gasteiger charge is 2.08. The first-order valence-electron chi connectivity index (χ1n) is 9.43. The van der Waals surface area contributed by atoms with Crippen LogP contribution in [0.25, 0.3) is 11.1 Å². The van der Waals surface area contributed by atoms with Gasteiger partial charge < -0.3 is 15.4 Å². The van der Waals surface area contributed by atoms with Crippen LogP contribution in [0.5, 0.6) is 0 Å². The van der Waals surface area contributed by atoms with E-state index in [4.69, 9.17) is 4.74 Å². The van der Waals surface area contributed by atoms with Crippen molar-refractivity contribution in [2.24, 2.45) is 0 Å². The van der Waals surface area contributed by atoms with E-state index in [1.807, 2.05) is 66.7 Å².